The molecule has 1 fully saturated rings. The maximum absolute atomic E-state index is 14.7. The lowest BCUT2D eigenvalue weighted by molar-refractivity contribution is -0.116. The first kappa shape index (κ1) is 29.3. The van der Waals surface area contributed by atoms with Gasteiger partial charge in [-0.15, -0.1) is 0 Å². The highest BCUT2D eigenvalue weighted by Crippen LogP contribution is 2.45. The minimum atomic E-state index is -3.17. The molecule has 0 bridgehead atoms. The Labute approximate surface area is 231 Å². The zero-order valence-corrected chi connectivity index (χ0v) is 26.7. The standard InChI is InChI=1S/C31H47NO4SSi/c1-20-15-27(21(2)22-13-14-22)28(26-12-10-11-25(20)26)17-24(33)19-37(35,32-38(8,9)30(3,4)5)29-16-23(18-36-29)31(6,7)34/h15-16,18,21-22,34H,10-14,17,19H2,1-9H3. The van der Waals surface area contributed by atoms with Gasteiger partial charge < -0.3 is 9.52 Å². The Morgan fingerprint density at radius 1 is 1.16 bits per heavy atom. The Kier molecular flexibility index (Phi) is 7.74. The molecule has 1 aromatic carbocycles. The van der Waals surface area contributed by atoms with Crippen LogP contribution in [0.5, 0.6) is 0 Å². The molecule has 0 amide bonds. The molecule has 38 heavy (non-hydrogen) atoms. The second kappa shape index (κ2) is 10.0. The summed E-state index contributed by atoms with van der Waals surface area (Å²) in [5.74, 6) is 0.908. The highest BCUT2D eigenvalue weighted by molar-refractivity contribution is 7.95. The van der Waals surface area contributed by atoms with Gasteiger partial charge >= 0.3 is 0 Å². The predicted octanol–water partition coefficient (Wildman–Crippen LogP) is 7.46. The van der Waals surface area contributed by atoms with E-state index in [2.05, 4.69) is 53.8 Å². The van der Waals surface area contributed by atoms with Gasteiger partial charge in [-0.05, 0) is 111 Å². The molecule has 7 heteroatoms. The van der Waals surface area contributed by atoms with E-state index in [9.17, 15) is 14.1 Å². The third kappa shape index (κ3) is 5.90. The van der Waals surface area contributed by atoms with Gasteiger partial charge in [-0.1, -0.05) is 33.8 Å². The quantitative estimate of drug-likeness (QED) is 0.325. The molecule has 2 atom stereocenters. The van der Waals surface area contributed by atoms with Crippen LogP contribution in [0.4, 0.5) is 0 Å². The van der Waals surface area contributed by atoms with Crippen LogP contribution in [0.25, 0.3) is 0 Å². The van der Waals surface area contributed by atoms with E-state index >= 15 is 0 Å². The van der Waals surface area contributed by atoms with E-state index in [0.717, 1.165) is 19.3 Å². The lowest BCUT2D eigenvalue weighted by atomic mass is 9.84. The van der Waals surface area contributed by atoms with E-state index in [1.54, 1.807) is 19.9 Å². The molecule has 1 N–H and O–H groups in total. The normalized spacial score (nSPS) is 18.7. The summed E-state index contributed by atoms with van der Waals surface area (Å²) in [5, 5.41) is 10.6. The Morgan fingerprint density at radius 3 is 2.34 bits per heavy atom. The summed E-state index contributed by atoms with van der Waals surface area (Å²) in [6.07, 6.45) is 7.46. The van der Waals surface area contributed by atoms with Crippen molar-refractivity contribution in [2.45, 2.75) is 122 Å². The molecule has 1 saturated carbocycles. The fraction of sp³-hybridized carbons (Fsp3) is 0.645. The minimum Gasteiger partial charge on any atom is -0.454 e. The van der Waals surface area contributed by atoms with E-state index in [4.69, 9.17) is 8.45 Å². The summed E-state index contributed by atoms with van der Waals surface area (Å²) in [4.78, 5) is 13.9. The highest BCUT2D eigenvalue weighted by Gasteiger charge is 2.39. The first-order valence-electron chi connectivity index (χ1n) is 14.2. The third-order valence-electron chi connectivity index (χ3n) is 9.14. The van der Waals surface area contributed by atoms with Crippen molar-refractivity contribution in [3.8, 4) is 0 Å². The van der Waals surface area contributed by atoms with E-state index in [0.29, 0.717) is 17.4 Å². The summed E-state index contributed by atoms with van der Waals surface area (Å²) in [6.45, 7) is 18.4. The number of hydrogen-bond donors (Lipinski definition) is 1. The molecule has 0 radical (unpaired) electrons. The van der Waals surface area contributed by atoms with Gasteiger partial charge in [-0.25, -0.2) is 4.21 Å². The van der Waals surface area contributed by atoms with Crippen LogP contribution in [0.3, 0.4) is 0 Å². The van der Waals surface area contributed by atoms with Crippen molar-refractivity contribution >= 4 is 23.7 Å². The van der Waals surface area contributed by atoms with E-state index in [1.165, 1.54) is 46.9 Å². The monoisotopic (exact) mass is 557 g/mol. The van der Waals surface area contributed by atoms with Crippen LogP contribution in [0.2, 0.25) is 18.1 Å². The van der Waals surface area contributed by atoms with Crippen molar-refractivity contribution in [2.75, 3.05) is 5.75 Å². The average Bonchev–Trinajstić information content (AvgIpc) is 3.27. The molecule has 0 aliphatic heterocycles. The molecule has 2 unspecified atom stereocenters. The van der Waals surface area contributed by atoms with Gasteiger partial charge in [-0.3, -0.25) is 8.82 Å². The Morgan fingerprint density at radius 2 is 1.79 bits per heavy atom. The number of rotatable bonds is 9. The van der Waals surface area contributed by atoms with Crippen molar-refractivity contribution in [3.05, 3.63) is 51.8 Å². The van der Waals surface area contributed by atoms with Gasteiger partial charge in [0.25, 0.3) is 0 Å². The SMILES string of the molecule is Cc1cc(C(C)C2CC2)c(CC(=O)CS(=O)(=N[Si](C)(C)C(C)(C)C)c2cc(C(C)(C)O)co2)c2c1CCC2. The maximum atomic E-state index is 14.7. The number of furan rings is 1. The van der Waals surface area contributed by atoms with Gasteiger partial charge in [0.15, 0.2) is 19.1 Å². The second-order valence-electron chi connectivity index (χ2n) is 13.8. The Bertz CT molecular complexity index is 1350. The van der Waals surface area contributed by atoms with Crippen LogP contribution in [-0.2, 0) is 39.4 Å². The summed E-state index contributed by atoms with van der Waals surface area (Å²) in [6, 6.07) is 3.96. The molecule has 210 valence electrons. The smallest absolute Gasteiger partial charge is 0.198 e. The number of benzene rings is 1. The first-order chi connectivity index (χ1) is 17.4. The zero-order chi connectivity index (χ0) is 28.3. The van der Waals surface area contributed by atoms with Crippen molar-refractivity contribution in [3.63, 3.8) is 0 Å². The largest absolute Gasteiger partial charge is 0.454 e. The molecule has 2 aromatic rings. The van der Waals surface area contributed by atoms with Gasteiger partial charge in [0, 0.05) is 18.1 Å². The number of nitrogens with zero attached hydrogens (tertiary/aromatic N) is 1. The van der Waals surface area contributed by atoms with Gasteiger partial charge in [0.1, 0.15) is 9.73 Å². The molecule has 2 aliphatic carbocycles. The van der Waals surface area contributed by atoms with Crippen molar-refractivity contribution < 1.29 is 18.5 Å². The van der Waals surface area contributed by atoms with E-state index < -0.39 is 23.6 Å². The molecule has 0 spiro atoms. The molecule has 1 heterocycles. The molecule has 5 nitrogen and oxygen atoms in total. The molecular weight excluding hydrogens is 510 g/mol. The zero-order valence-electron chi connectivity index (χ0n) is 24.9. The van der Waals surface area contributed by atoms with Crippen LogP contribution in [0.1, 0.15) is 100 Å². The van der Waals surface area contributed by atoms with Crippen LogP contribution in [0.15, 0.2) is 31.9 Å². The van der Waals surface area contributed by atoms with E-state index in [1.807, 2.05) is 0 Å². The number of carbonyl (C=O) groups is 1. The number of aliphatic hydroxyl groups is 1. The lowest BCUT2D eigenvalue weighted by Crippen LogP contribution is -2.37. The number of carbonyl (C=O) groups excluding carboxylic acids is 1. The van der Waals surface area contributed by atoms with Crippen molar-refractivity contribution in [1.82, 2.24) is 0 Å². The fourth-order valence-electron chi connectivity index (χ4n) is 5.48. The molecule has 0 saturated heterocycles. The highest BCUT2D eigenvalue weighted by atomic mass is 32.2. The molecule has 2 aliphatic rings. The summed E-state index contributed by atoms with van der Waals surface area (Å²) >= 11 is 0. The number of Topliss-reactive ketones (excluding diaryl/α,β-unsaturated/α-hetero) is 1. The second-order valence-corrected chi connectivity index (χ2v) is 21.1. The topological polar surface area (TPSA) is 79.9 Å². The first-order valence-corrected chi connectivity index (χ1v) is 18.8. The lowest BCUT2D eigenvalue weighted by Gasteiger charge is -2.33. The molecule has 1 aromatic heterocycles. The summed E-state index contributed by atoms with van der Waals surface area (Å²) in [5.41, 5.74) is 6.01. The predicted molar refractivity (Wildman–Crippen MR) is 158 cm³/mol. The minimum absolute atomic E-state index is 0.0548. The van der Waals surface area contributed by atoms with Crippen LogP contribution >= 0.6 is 0 Å². The number of ketones is 1. The fourth-order valence-corrected chi connectivity index (χ4v) is 11.3. The third-order valence-corrected chi connectivity index (χ3v) is 17.4. The van der Waals surface area contributed by atoms with Crippen LogP contribution in [-0.4, -0.2) is 29.1 Å². The molecule has 4 rings (SSSR count). The number of fused-ring (bicyclic) bond motifs is 1. The summed E-state index contributed by atoms with van der Waals surface area (Å²) < 4.78 is 25.5. The van der Waals surface area contributed by atoms with Gasteiger partial charge in [0.05, 0.1) is 17.6 Å². The van der Waals surface area contributed by atoms with E-state index in [-0.39, 0.29) is 28.1 Å². The number of hydrogen-bond acceptors (Lipinski definition) is 5. The van der Waals surface area contributed by atoms with Crippen molar-refractivity contribution in [1.29, 1.82) is 0 Å². The maximum Gasteiger partial charge on any atom is 0.198 e. The molecular formula is C31H47NO4SSi. The Balaban J connectivity index is 1.75. The van der Waals surface area contributed by atoms with Gasteiger partial charge in [-0.2, -0.15) is 0 Å². The van der Waals surface area contributed by atoms with Crippen LogP contribution < -0.4 is 0 Å². The number of aryl methyl sites for hydroxylation is 1. The average molecular weight is 558 g/mol. The Hall–Kier alpha value is -1.70. The van der Waals surface area contributed by atoms with Crippen LogP contribution in [0, 0.1) is 12.8 Å². The summed E-state index contributed by atoms with van der Waals surface area (Å²) in [7, 11) is -5.57. The van der Waals surface area contributed by atoms with Gasteiger partial charge in [0.2, 0.25) is 0 Å². The van der Waals surface area contributed by atoms with Crippen molar-refractivity contribution in [2.24, 2.45) is 9.95 Å².